The molecule has 0 aliphatic heterocycles. The van der Waals surface area contributed by atoms with Gasteiger partial charge < -0.3 is 4.74 Å². The smallest absolute Gasteiger partial charge is 0.411 e. The molecule has 0 aromatic heterocycles. The van der Waals surface area contributed by atoms with E-state index < -0.39 is 5.60 Å². The minimum atomic E-state index is -0.431. The van der Waals surface area contributed by atoms with E-state index >= 15 is 0 Å². The van der Waals surface area contributed by atoms with Crippen LogP contribution < -0.4 is 0 Å². The molecule has 0 heterocycles. The number of hydrogen-bond donors (Lipinski definition) is 0. The minimum Gasteiger partial charge on any atom is -0.444 e. The summed E-state index contributed by atoms with van der Waals surface area (Å²) in [7, 11) is 1.75. The lowest BCUT2D eigenvalue weighted by Crippen LogP contribution is -2.44. The van der Waals surface area contributed by atoms with Crippen LogP contribution in [0.3, 0.4) is 0 Å². The Labute approximate surface area is 91.2 Å². The maximum absolute atomic E-state index is 11.7. The van der Waals surface area contributed by atoms with Gasteiger partial charge in [-0.2, -0.15) is 0 Å². The van der Waals surface area contributed by atoms with E-state index in [-0.39, 0.29) is 11.0 Å². The Morgan fingerprint density at radius 2 is 1.64 bits per heavy atom. The van der Waals surface area contributed by atoms with Gasteiger partial charge in [0.25, 0.3) is 0 Å². The van der Waals surface area contributed by atoms with Crippen molar-refractivity contribution < 1.29 is 9.53 Å². The Morgan fingerprint density at radius 3 is 1.93 bits per heavy atom. The highest BCUT2D eigenvalue weighted by atomic mass is 32.2. The molecule has 4 heteroatoms. The average Bonchev–Trinajstić information content (AvgIpc) is 2.00. The van der Waals surface area contributed by atoms with Gasteiger partial charge in [-0.3, -0.25) is 4.90 Å². The van der Waals surface area contributed by atoms with E-state index in [2.05, 4.69) is 0 Å². The molecular weight excluding hydrogens is 198 g/mol. The van der Waals surface area contributed by atoms with E-state index in [0.717, 1.165) is 0 Å². The first-order chi connectivity index (χ1) is 6.10. The Kier molecular flexibility index (Phi) is 4.31. The highest BCUT2D eigenvalue weighted by Gasteiger charge is 2.30. The molecule has 0 spiro atoms. The predicted octanol–water partition coefficient (Wildman–Crippen LogP) is 2.95. The van der Waals surface area contributed by atoms with Crippen LogP contribution in [0.25, 0.3) is 0 Å². The first kappa shape index (κ1) is 13.6. The Bertz CT molecular complexity index is 209. The van der Waals surface area contributed by atoms with E-state index in [9.17, 15) is 4.79 Å². The van der Waals surface area contributed by atoms with Crippen LogP contribution >= 0.6 is 11.8 Å². The van der Waals surface area contributed by atoms with Crippen molar-refractivity contribution in [2.75, 3.05) is 13.3 Å². The summed E-state index contributed by atoms with van der Waals surface area (Å²) in [6.45, 7) is 9.57. The van der Waals surface area contributed by atoms with Crippen LogP contribution in [0.1, 0.15) is 34.6 Å². The fourth-order valence-electron chi connectivity index (χ4n) is 0.687. The topological polar surface area (TPSA) is 29.5 Å². The van der Waals surface area contributed by atoms with Crippen LogP contribution in [0.2, 0.25) is 0 Å². The highest BCUT2D eigenvalue weighted by Crippen LogP contribution is 2.26. The largest absolute Gasteiger partial charge is 0.444 e. The summed E-state index contributed by atoms with van der Waals surface area (Å²) >= 11 is 1.61. The third-order valence-electron chi connectivity index (χ3n) is 1.97. The summed E-state index contributed by atoms with van der Waals surface area (Å²) in [5.41, 5.74) is -0.431. The third kappa shape index (κ3) is 4.22. The van der Waals surface area contributed by atoms with Crippen molar-refractivity contribution in [2.24, 2.45) is 0 Å². The molecule has 0 atom stereocenters. The van der Waals surface area contributed by atoms with Gasteiger partial charge in [-0.15, -0.1) is 11.8 Å². The second-order valence-corrected chi connectivity index (χ2v) is 6.10. The van der Waals surface area contributed by atoms with Crippen LogP contribution in [-0.4, -0.2) is 34.8 Å². The molecule has 14 heavy (non-hydrogen) atoms. The number of thioether (sulfide) groups is 1. The van der Waals surface area contributed by atoms with Crippen molar-refractivity contribution in [3.8, 4) is 0 Å². The van der Waals surface area contributed by atoms with Crippen molar-refractivity contribution in [1.29, 1.82) is 0 Å². The van der Waals surface area contributed by atoms with E-state index in [1.807, 2.05) is 40.9 Å². The van der Waals surface area contributed by atoms with Crippen molar-refractivity contribution in [1.82, 2.24) is 4.90 Å². The van der Waals surface area contributed by atoms with Gasteiger partial charge in [0.1, 0.15) is 5.60 Å². The quantitative estimate of drug-likeness (QED) is 0.669. The van der Waals surface area contributed by atoms with E-state index in [4.69, 9.17) is 4.74 Å². The third-order valence-corrected chi connectivity index (χ3v) is 3.25. The van der Waals surface area contributed by atoms with Gasteiger partial charge in [-0.25, -0.2) is 4.79 Å². The second-order valence-electron chi connectivity index (χ2n) is 4.69. The van der Waals surface area contributed by atoms with Gasteiger partial charge in [0.2, 0.25) is 0 Å². The van der Waals surface area contributed by atoms with Crippen molar-refractivity contribution >= 4 is 17.9 Å². The normalized spacial score (nSPS) is 12.5. The maximum Gasteiger partial charge on any atom is 0.411 e. The van der Waals surface area contributed by atoms with Crippen molar-refractivity contribution in [3.63, 3.8) is 0 Å². The molecule has 0 rings (SSSR count). The lowest BCUT2D eigenvalue weighted by Gasteiger charge is -2.35. The molecule has 1 amide bonds. The van der Waals surface area contributed by atoms with Gasteiger partial charge in [-0.1, -0.05) is 0 Å². The number of rotatable bonds is 2. The molecule has 0 aromatic rings. The number of amides is 1. The lowest BCUT2D eigenvalue weighted by atomic mass is 10.2. The average molecular weight is 219 g/mol. The summed E-state index contributed by atoms with van der Waals surface area (Å²) < 4.78 is 5.26. The summed E-state index contributed by atoms with van der Waals surface area (Å²) in [6.07, 6.45) is 1.69. The van der Waals surface area contributed by atoms with E-state index in [0.29, 0.717) is 0 Å². The molecule has 0 bridgehead atoms. The fourth-order valence-corrected chi connectivity index (χ4v) is 1.04. The molecule has 0 fully saturated rings. The van der Waals surface area contributed by atoms with Crippen LogP contribution in [0.5, 0.6) is 0 Å². The molecule has 0 radical (unpaired) electrons. The summed E-state index contributed by atoms with van der Waals surface area (Å²) in [5.74, 6) is 0. The molecule has 0 saturated heterocycles. The molecule has 0 aliphatic carbocycles. The molecule has 0 saturated carbocycles. The van der Waals surface area contributed by atoms with E-state index in [1.165, 1.54) is 0 Å². The molecule has 0 N–H and O–H groups in total. The number of carbonyl (C=O) groups is 1. The molecular formula is C10H21NO2S. The van der Waals surface area contributed by atoms with Gasteiger partial charge in [-0.05, 0) is 40.9 Å². The molecule has 84 valence electrons. The van der Waals surface area contributed by atoms with Crippen LogP contribution in [0, 0.1) is 0 Å². The van der Waals surface area contributed by atoms with Crippen molar-refractivity contribution in [2.45, 2.75) is 45.1 Å². The maximum atomic E-state index is 11.7. The Balaban J connectivity index is 4.41. The number of nitrogens with zero attached hydrogens (tertiary/aromatic N) is 1. The Morgan fingerprint density at radius 1 is 1.21 bits per heavy atom. The zero-order valence-electron chi connectivity index (χ0n) is 10.2. The zero-order chi connectivity index (χ0) is 11.6. The Hall–Kier alpha value is -0.380. The lowest BCUT2D eigenvalue weighted by molar-refractivity contribution is 0.0220. The second kappa shape index (κ2) is 4.43. The van der Waals surface area contributed by atoms with Gasteiger partial charge in [0.15, 0.2) is 0 Å². The number of ether oxygens (including phenoxy) is 1. The van der Waals surface area contributed by atoms with Gasteiger partial charge in [0, 0.05) is 7.05 Å². The minimum absolute atomic E-state index is 0.234. The SMILES string of the molecule is CSC(C)(C)N(C)C(=O)OC(C)(C)C. The van der Waals surface area contributed by atoms with Gasteiger partial charge >= 0.3 is 6.09 Å². The molecule has 0 unspecified atom stereocenters. The monoisotopic (exact) mass is 219 g/mol. The predicted molar refractivity (Wildman–Crippen MR) is 61.6 cm³/mol. The first-order valence-electron chi connectivity index (χ1n) is 4.62. The van der Waals surface area contributed by atoms with Crippen LogP contribution in [0.15, 0.2) is 0 Å². The summed E-state index contributed by atoms with van der Waals surface area (Å²) in [5, 5.41) is 0. The molecule has 0 aromatic carbocycles. The fraction of sp³-hybridized carbons (Fsp3) is 0.900. The van der Waals surface area contributed by atoms with E-state index in [1.54, 1.807) is 23.7 Å². The van der Waals surface area contributed by atoms with Crippen molar-refractivity contribution in [3.05, 3.63) is 0 Å². The molecule has 3 nitrogen and oxygen atoms in total. The van der Waals surface area contributed by atoms with Crippen LogP contribution in [0.4, 0.5) is 4.79 Å². The number of carbonyl (C=O) groups excluding carboxylic acids is 1. The molecule has 0 aliphatic rings. The standard InChI is InChI=1S/C10H21NO2S/c1-9(2,3)13-8(12)11(6)10(4,5)14-7/h1-7H3. The van der Waals surface area contributed by atoms with Crippen LogP contribution in [-0.2, 0) is 4.74 Å². The number of hydrogen-bond acceptors (Lipinski definition) is 3. The first-order valence-corrected chi connectivity index (χ1v) is 5.84. The highest BCUT2D eigenvalue weighted by molar-refractivity contribution is 7.99. The van der Waals surface area contributed by atoms with Gasteiger partial charge in [0.05, 0.1) is 4.87 Å². The zero-order valence-corrected chi connectivity index (χ0v) is 11.0. The summed E-state index contributed by atoms with van der Waals surface area (Å²) in [6, 6.07) is 0. The summed E-state index contributed by atoms with van der Waals surface area (Å²) in [4.78, 5) is 13.0.